The number of halogens is 2. The zero-order valence-corrected chi connectivity index (χ0v) is 14.9. The van der Waals surface area contributed by atoms with Crippen LogP contribution in [0.4, 0.5) is 8.78 Å². The van der Waals surface area contributed by atoms with Crippen molar-refractivity contribution in [3.05, 3.63) is 53.6 Å². The number of alkyl halides is 2. The third kappa shape index (κ3) is 4.10. The van der Waals surface area contributed by atoms with Gasteiger partial charge in [-0.1, -0.05) is 36.0 Å². The number of nitrogens with zero attached hydrogens (tertiary/aromatic N) is 4. The Balaban J connectivity index is 1.76. The van der Waals surface area contributed by atoms with E-state index < -0.39 is 6.61 Å². The summed E-state index contributed by atoms with van der Waals surface area (Å²) < 4.78 is 36.0. The highest BCUT2D eigenvalue weighted by Crippen LogP contribution is 2.32. The molecule has 26 heavy (non-hydrogen) atoms. The summed E-state index contributed by atoms with van der Waals surface area (Å²) in [4.78, 5) is 0. The molecule has 0 spiro atoms. The first-order valence-electron chi connectivity index (χ1n) is 7.67. The molecule has 136 valence electrons. The molecule has 0 bridgehead atoms. The molecule has 0 aliphatic heterocycles. The van der Waals surface area contributed by atoms with Crippen LogP contribution >= 0.6 is 11.8 Å². The summed E-state index contributed by atoms with van der Waals surface area (Å²) in [6.45, 7) is -0.916. The largest absolute Gasteiger partial charge is 0.493 e. The second-order valence-electron chi connectivity index (χ2n) is 5.31. The summed E-state index contributed by atoms with van der Waals surface area (Å²) in [6.07, 6.45) is 0. The molecular weight excluding hydrogens is 362 g/mol. The first kappa shape index (κ1) is 18.1. The number of benzene rings is 2. The monoisotopic (exact) mass is 378 g/mol. The van der Waals surface area contributed by atoms with E-state index >= 15 is 0 Å². The van der Waals surface area contributed by atoms with Gasteiger partial charge in [0.1, 0.15) is 0 Å². The van der Waals surface area contributed by atoms with Gasteiger partial charge in [-0.15, -0.1) is 5.10 Å². The molecule has 3 aromatic rings. The Morgan fingerprint density at radius 2 is 1.96 bits per heavy atom. The summed E-state index contributed by atoms with van der Waals surface area (Å²) in [5, 5.41) is 12.5. The van der Waals surface area contributed by atoms with E-state index in [0.29, 0.717) is 10.9 Å². The van der Waals surface area contributed by atoms with E-state index in [-0.39, 0.29) is 11.5 Å². The van der Waals surface area contributed by atoms with Crippen molar-refractivity contribution in [1.82, 2.24) is 20.2 Å². The topological polar surface area (TPSA) is 62.1 Å². The highest BCUT2D eigenvalue weighted by Gasteiger charge is 2.14. The van der Waals surface area contributed by atoms with Crippen molar-refractivity contribution in [2.24, 2.45) is 0 Å². The lowest BCUT2D eigenvalue weighted by Crippen LogP contribution is -2.04. The maximum Gasteiger partial charge on any atom is 0.387 e. The van der Waals surface area contributed by atoms with Gasteiger partial charge in [0.15, 0.2) is 11.5 Å². The van der Waals surface area contributed by atoms with E-state index in [1.807, 2.05) is 31.2 Å². The molecule has 3 rings (SSSR count). The highest BCUT2D eigenvalue weighted by molar-refractivity contribution is 7.98. The Bertz CT molecular complexity index is 889. The number of hydrogen-bond donors (Lipinski definition) is 0. The van der Waals surface area contributed by atoms with Crippen molar-refractivity contribution < 1.29 is 18.3 Å². The quantitative estimate of drug-likeness (QED) is 0.582. The molecule has 0 fully saturated rings. The minimum absolute atomic E-state index is 0.000920. The molecular formula is C17H16F2N4O2S. The number of aryl methyl sites for hydroxylation is 1. The van der Waals surface area contributed by atoms with Crippen LogP contribution in [0.3, 0.4) is 0 Å². The molecule has 6 nitrogen and oxygen atoms in total. The number of thioether (sulfide) groups is 1. The Kier molecular flexibility index (Phi) is 5.67. The highest BCUT2D eigenvalue weighted by atomic mass is 32.2. The minimum Gasteiger partial charge on any atom is -0.493 e. The molecule has 1 aromatic heterocycles. The fourth-order valence-corrected chi connectivity index (χ4v) is 3.19. The smallest absolute Gasteiger partial charge is 0.387 e. The molecule has 2 aromatic carbocycles. The van der Waals surface area contributed by atoms with Crippen LogP contribution in [0.25, 0.3) is 5.69 Å². The van der Waals surface area contributed by atoms with Crippen LogP contribution in [0.15, 0.2) is 47.6 Å². The number of hydrogen-bond acceptors (Lipinski definition) is 6. The molecule has 0 N–H and O–H groups in total. The predicted molar refractivity (Wildman–Crippen MR) is 93.1 cm³/mol. The van der Waals surface area contributed by atoms with Gasteiger partial charge in [0, 0.05) is 5.75 Å². The van der Waals surface area contributed by atoms with Gasteiger partial charge in [-0.25, -0.2) is 0 Å². The van der Waals surface area contributed by atoms with Gasteiger partial charge >= 0.3 is 6.61 Å². The van der Waals surface area contributed by atoms with E-state index in [0.717, 1.165) is 16.8 Å². The molecule has 0 atom stereocenters. The van der Waals surface area contributed by atoms with Gasteiger partial charge in [0.05, 0.1) is 12.8 Å². The van der Waals surface area contributed by atoms with E-state index in [4.69, 9.17) is 4.74 Å². The second-order valence-corrected chi connectivity index (χ2v) is 6.25. The van der Waals surface area contributed by atoms with Gasteiger partial charge < -0.3 is 9.47 Å². The van der Waals surface area contributed by atoms with E-state index in [2.05, 4.69) is 20.3 Å². The summed E-state index contributed by atoms with van der Waals surface area (Å²) in [6, 6.07) is 12.6. The van der Waals surface area contributed by atoms with Crippen LogP contribution in [-0.4, -0.2) is 33.9 Å². The summed E-state index contributed by atoms with van der Waals surface area (Å²) >= 11 is 1.43. The van der Waals surface area contributed by atoms with Gasteiger partial charge in [-0.3, -0.25) is 0 Å². The summed E-state index contributed by atoms with van der Waals surface area (Å²) in [5.74, 6) is 0.792. The van der Waals surface area contributed by atoms with Gasteiger partial charge in [0.25, 0.3) is 0 Å². The number of para-hydroxylation sites is 1. The average Bonchev–Trinajstić information content (AvgIpc) is 3.09. The van der Waals surface area contributed by atoms with Gasteiger partial charge in [-0.05, 0) is 46.7 Å². The van der Waals surface area contributed by atoms with Crippen molar-refractivity contribution in [3.8, 4) is 17.2 Å². The molecule has 9 heteroatoms. The molecule has 0 aliphatic carbocycles. The SMILES string of the molecule is COc1cc(CSc2nnnn2-c2ccccc2C)ccc1OC(F)F. The molecule has 0 saturated carbocycles. The Morgan fingerprint density at radius 3 is 2.69 bits per heavy atom. The fourth-order valence-electron chi connectivity index (χ4n) is 2.36. The second kappa shape index (κ2) is 8.13. The Hall–Kier alpha value is -2.68. The third-order valence-corrected chi connectivity index (χ3v) is 4.59. The molecule has 0 saturated heterocycles. The minimum atomic E-state index is -2.90. The predicted octanol–water partition coefficient (Wildman–Crippen LogP) is 3.87. The third-order valence-electron chi connectivity index (χ3n) is 3.60. The van der Waals surface area contributed by atoms with Crippen LogP contribution in [0.1, 0.15) is 11.1 Å². The van der Waals surface area contributed by atoms with Crippen LogP contribution in [0.2, 0.25) is 0 Å². The average molecular weight is 378 g/mol. The van der Waals surface area contributed by atoms with Crippen LogP contribution < -0.4 is 9.47 Å². The Labute approximate surface area is 153 Å². The lowest BCUT2D eigenvalue weighted by molar-refractivity contribution is -0.0512. The van der Waals surface area contributed by atoms with Crippen LogP contribution in [0.5, 0.6) is 11.5 Å². The maximum atomic E-state index is 12.4. The number of methoxy groups -OCH3 is 1. The van der Waals surface area contributed by atoms with Crippen molar-refractivity contribution in [3.63, 3.8) is 0 Å². The molecule has 0 radical (unpaired) electrons. The van der Waals surface area contributed by atoms with Crippen LogP contribution in [0, 0.1) is 6.92 Å². The lowest BCUT2D eigenvalue weighted by atomic mass is 10.2. The number of rotatable bonds is 7. The van der Waals surface area contributed by atoms with E-state index in [1.165, 1.54) is 24.9 Å². The summed E-state index contributed by atoms with van der Waals surface area (Å²) in [7, 11) is 1.41. The standard InChI is InChI=1S/C17H16F2N4O2S/c1-11-5-3-4-6-13(11)23-17(20-21-22-23)26-10-12-7-8-14(25-16(18)19)15(9-12)24-2/h3-9,16H,10H2,1-2H3. The molecule has 0 aliphatic rings. The fraction of sp³-hybridized carbons (Fsp3) is 0.235. The summed E-state index contributed by atoms with van der Waals surface area (Å²) in [5.41, 5.74) is 2.82. The normalized spacial score (nSPS) is 11.0. The van der Waals surface area contributed by atoms with Gasteiger partial charge in [0.2, 0.25) is 5.16 Å². The number of aromatic nitrogens is 4. The van der Waals surface area contributed by atoms with Crippen molar-refractivity contribution in [1.29, 1.82) is 0 Å². The maximum absolute atomic E-state index is 12.4. The first-order chi connectivity index (χ1) is 12.6. The van der Waals surface area contributed by atoms with E-state index in [9.17, 15) is 8.78 Å². The molecule has 0 unspecified atom stereocenters. The molecule has 1 heterocycles. The lowest BCUT2D eigenvalue weighted by Gasteiger charge is -2.11. The zero-order valence-electron chi connectivity index (χ0n) is 14.1. The number of ether oxygens (including phenoxy) is 2. The van der Waals surface area contributed by atoms with Gasteiger partial charge in [-0.2, -0.15) is 13.5 Å². The van der Waals surface area contributed by atoms with E-state index in [1.54, 1.807) is 16.8 Å². The zero-order chi connectivity index (χ0) is 18.5. The van der Waals surface area contributed by atoms with Crippen molar-refractivity contribution >= 4 is 11.8 Å². The Morgan fingerprint density at radius 1 is 1.15 bits per heavy atom. The van der Waals surface area contributed by atoms with Crippen molar-refractivity contribution in [2.45, 2.75) is 24.4 Å². The number of tetrazole rings is 1. The van der Waals surface area contributed by atoms with Crippen LogP contribution in [-0.2, 0) is 5.75 Å². The van der Waals surface area contributed by atoms with Crippen molar-refractivity contribution in [2.75, 3.05) is 7.11 Å². The first-order valence-corrected chi connectivity index (χ1v) is 8.66. The molecule has 0 amide bonds.